The van der Waals surface area contributed by atoms with Crippen molar-refractivity contribution < 1.29 is 9.47 Å². The Kier molecular flexibility index (Phi) is 7.00. The first-order chi connectivity index (χ1) is 13.6. The van der Waals surface area contributed by atoms with Crippen LogP contribution in [0.25, 0.3) is 0 Å². The number of hydrogen-bond acceptors (Lipinski definition) is 5. The van der Waals surface area contributed by atoms with Gasteiger partial charge in [0, 0.05) is 46.8 Å². The van der Waals surface area contributed by atoms with Gasteiger partial charge in [0.2, 0.25) is 0 Å². The third-order valence-corrected chi connectivity index (χ3v) is 5.27. The van der Waals surface area contributed by atoms with E-state index in [0.29, 0.717) is 19.6 Å². The van der Waals surface area contributed by atoms with Gasteiger partial charge in [-0.15, -0.1) is 10.2 Å². The highest BCUT2D eigenvalue weighted by atomic mass is 16.5. The maximum atomic E-state index is 5.83. The largest absolute Gasteiger partial charge is 0.381 e. The first kappa shape index (κ1) is 20.3. The Hall–Kier alpha value is -2.45. The molecule has 0 bridgehead atoms. The molecule has 8 nitrogen and oxygen atoms in total. The van der Waals surface area contributed by atoms with Crippen LogP contribution in [0, 0.1) is 6.92 Å². The summed E-state index contributed by atoms with van der Waals surface area (Å²) in [6, 6.07) is 10.2. The van der Waals surface area contributed by atoms with Crippen LogP contribution in [-0.2, 0) is 29.6 Å². The molecule has 152 valence electrons. The molecule has 0 amide bonds. The average Bonchev–Trinajstić information content (AvgIpc) is 3.07. The van der Waals surface area contributed by atoms with Crippen LogP contribution < -0.4 is 10.6 Å². The predicted molar refractivity (Wildman–Crippen MR) is 108 cm³/mol. The van der Waals surface area contributed by atoms with Crippen LogP contribution in [0.4, 0.5) is 0 Å². The van der Waals surface area contributed by atoms with E-state index >= 15 is 0 Å². The summed E-state index contributed by atoms with van der Waals surface area (Å²) in [5.74, 6) is 2.47. The Morgan fingerprint density at radius 1 is 1.21 bits per heavy atom. The third kappa shape index (κ3) is 5.30. The Bertz CT molecular complexity index is 768. The minimum absolute atomic E-state index is 0.227. The van der Waals surface area contributed by atoms with Crippen molar-refractivity contribution in [1.29, 1.82) is 0 Å². The van der Waals surface area contributed by atoms with Gasteiger partial charge in [0.15, 0.2) is 11.8 Å². The first-order valence-electron chi connectivity index (χ1n) is 9.66. The SMILES string of the molecule is COC1(CNC(=NCc2ccccc2)NCc2nnc(C)n2C)CCOCC1. The zero-order valence-corrected chi connectivity index (χ0v) is 16.9. The van der Waals surface area contributed by atoms with Gasteiger partial charge < -0.3 is 24.7 Å². The summed E-state index contributed by atoms with van der Waals surface area (Å²) in [6.45, 7) is 5.19. The number of ether oxygens (including phenoxy) is 2. The summed E-state index contributed by atoms with van der Waals surface area (Å²) >= 11 is 0. The number of benzene rings is 1. The molecule has 0 spiro atoms. The quantitative estimate of drug-likeness (QED) is 0.555. The molecule has 1 aliphatic rings. The molecule has 0 saturated carbocycles. The van der Waals surface area contributed by atoms with E-state index < -0.39 is 0 Å². The highest BCUT2D eigenvalue weighted by molar-refractivity contribution is 5.79. The lowest BCUT2D eigenvalue weighted by Crippen LogP contribution is -2.50. The predicted octanol–water partition coefficient (Wildman–Crippen LogP) is 1.55. The van der Waals surface area contributed by atoms with Crippen molar-refractivity contribution in [1.82, 2.24) is 25.4 Å². The fourth-order valence-corrected chi connectivity index (χ4v) is 3.14. The normalized spacial score (nSPS) is 16.8. The second-order valence-electron chi connectivity index (χ2n) is 7.08. The fraction of sp³-hybridized carbons (Fsp3) is 0.550. The Morgan fingerprint density at radius 3 is 2.61 bits per heavy atom. The minimum Gasteiger partial charge on any atom is -0.381 e. The minimum atomic E-state index is -0.227. The maximum absolute atomic E-state index is 5.83. The maximum Gasteiger partial charge on any atom is 0.192 e. The molecule has 0 radical (unpaired) electrons. The van der Waals surface area contributed by atoms with Crippen molar-refractivity contribution in [2.45, 2.75) is 38.5 Å². The number of rotatable bonds is 7. The number of nitrogens with one attached hydrogen (secondary N) is 2. The molecule has 1 saturated heterocycles. The van der Waals surface area contributed by atoms with Crippen LogP contribution in [-0.4, -0.2) is 53.2 Å². The number of hydrogen-bond donors (Lipinski definition) is 2. The molecule has 0 unspecified atom stereocenters. The van der Waals surface area contributed by atoms with Crippen LogP contribution in [0.15, 0.2) is 35.3 Å². The highest BCUT2D eigenvalue weighted by Crippen LogP contribution is 2.23. The summed E-state index contributed by atoms with van der Waals surface area (Å²) in [5, 5.41) is 15.1. The van der Waals surface area contributed by atoms with Gasteiger partial charge in [0.05, 0.1) is 18.7 Å². The molecular formula is C20H30N6O2. The molecule has 1 aromatic carbocycles. The van der Waals surface area contributed by atoms with Crippen LogP contribution in [0.5, 0.6) is 0 Å². The molecule has 1 aromatic heterocycles. The summed E-state index contributed by atoms with van der Waals surface area (Å²) in [5.41, 5.74) is 0.931. The molecule has 1 aliphatic heterocycles. The van der Waals surface area contributed by atoms with Crippen molar-refractivity contribution in [3.63, 3.8) is 0 Å². The van der Waals surface area contributed by atoms with Gasteiger partial charge >= 0.3 is 0 Å². The van der Waals surface area contributed by atoms with E-state index in [1.54, 1.807) is 7.11 Å². The van der Waals surface area contributed by atoms with Crippen LogP contribution in [0.3, 0.4) is 0 Å². The van der Waals surface area contributed by atoms with Crippen molar-refractivity contribution >= 4 is 5.96 Å². The lowest BCUT2D eigenvalue weighted by molar-refractivity contribution is -0.0855. The molecule has 28 heavy (non-hydrogen) atoms. The van der Waals surface area contributed by atoms with E-state index in [9.17, 15) is 0 Å². The number of methoxy groups -OCH3 is 1. The smallest absolute Gasteiger partial charge is 0.192 e. The number of aromatic nitrogens is 3. The van der Waals surface area contributed by atoms with Gasteiger partial charge in [0.25, 0.3) is 0 Å². The van der Waals surface area contributed by atoms with Gasteiger partial charge in [-0.2, -0.15) is 0 Å². The van der Waals surface area contributed by atoms with E-state index in [4.69, 9.17) is 14.5 Å². The summed E-state index contributed by atoms with van der Waals surface area (Å²) < 4.78 is 13.3. The number of aryl methyl sites for hydroxylation is 1. The molecule has 0 aliphatic carbocycles. The van der Waals surface area contributed by atoms with Crippen LogP contribution >= 0.6 is 0 Å². The van der Waals surface area contributed by atoms with Gasteiger partial charge in [-0.3, -0.25) is 0 Å². The Labute approximate surface area is 166 Å². The van der Waals surface area contributed by atoms with Gasteiger partial charge in [0.1, 0.15) is 5.82 Å². The monoisotopic (exact) mass is 386 g/mol. The highest BCUT2D eigenvalue weighted by Gasteiger charge is 2.32. The number of nitrogens with zero attached hydrogens (tertiary/aromatic N) is 4. The van der Waals surface area contributed by atoms with Gasteiger partial charge in [-0.1, -0.05) is 30.3 Å². The van der Waals surface area contributed by atoms with Crippen LogP contribution in [0.1, 0.15) is 30.1 Å². The third-order valence-electron chi connectivity index (χ3n) is 5.27. The van der Waals surface area contributed by atoms with Crippen molar-refractivity contribution in [3.8, 4) is 0 Å². The van der Waals surface area contributed by atoms with Crippen LogP contribution in [0.2, 0.25) is 0 Å². The average molecular weight is 387 g/mol. The summed E-state index contributed by atoms with van der Waals surface area (Å²) in [4.78, 5) is 4.75. The van der Waals surface area contributed by atoms with E-state index in [2.05, 4.69) is 33.0 Å². The molecule has 1 fully saturated rings. The molecule has 2 heterocycles. The molecule has 2 aromatic rings. The second kappa shape index (κ2) is 9.66. The van der Waals surface area contributed by atoms with E-state index in [1.807, 2.05) is 36.7 Å². The Balaban J connectivity index is 1.67. The van der Waals surface area contributed by atoms with E-state index in [0.717, 1.165) is 49.2 Å². The Morgan fingerprint density at radius 2 is 1.96 bits per heavy atom. The van der Waals surface area contributed by atoms with Crippen molar-refractivity contribution in [2.75, 3.05) is 26.9 Å². The lowest BCUT2D eigenvalue weighted by Gasteiger charge is -2.36. The van der Waals surface area contributed by atoms with E-state index in [-0.39, 0.29) is 5.60 Å². The molecule has 8 heteroatoms. The summed E-state index contributed by atoms with van der Waals surface area (Å²) in [7, 11) is 3.73. The molecule has 2 N–H and O–H groups in total. The topological polar surface area (TPSA) is 85.6 Å². The molecular weight excluding hydrogens is 356 g/mol. The van der Waals surface area contributed by atoms with Crippen molar-refractivity contribution in [3.05, 3.63) is 47.5 Å². The van der Waals surface area contributed by atoms with E-state index in [1.165, 1.54) is 0 Å². The molecule has 3 rings (SSSR count). The second-order valence-corrected chi connectivity index (χ2v) is 7.08. The van der Waals surface area contributed by atoms with Crippen molar-refractivity contribution in [2.24, 2.45) is 12.0 Å². The fourth-order valence-electron chi connectivity index (χ4n) is 3.14. The lowest BCUT2D eigenvalue weighted by atomic mass is 9.94. The number of aliphatic imine (C=N–C) groups is 1. The first-order valence-corrected chi connectivity index (χ1v) is 9.66. The summed E-state index contributed by atoms with van der Waals surface area (Å²) in [6.07, 6.45) is 1.73. The standard InChI is InChI=1S/C20H30N6O2/c1-16-24-25-18(26(16)2)14-22-19(21-13-17-7-5-4-6-8-17)23-15-20(27-3)9-11-28-12-10-20/h4-8H,9-15H2,1-3H3,(H2,21,22,23). The zero-order chi connectivity index (χ0) is 19.8. The molecule has 0 atom stereocenters. The van der Waals surface area contributed by atoms with Gasteiger partial charge in [-0.25, -0.2) is 4.99 Å². The number of guanidine groups is 1. The zero-order valence-electron chi connectivity index (χ0n) is 16.9. The van der Waals surface area contributed by atoms with Gasteiger partial charge in [-0.05, 0) is 12.5 Å².